The zero-order chi connectivity index (χ0) is 34.7. The Hall–Kier alpha value is -0.890. The van der Waals surface area contributed by atoms with Crippen LogP contribution in [0.25, 0.3) is 0 Å². The van der Waals surface area contributed by atoms with Gasteiger partial charge in [-0.05, 0) is 64.2 Å². The standard InChI is InChI=1S/C36H62O11/c1-10-34(31-20(3)16-26(43-31)28-19(2)15-21(4)36(41,18-37)46-28)12-11-27(44-34)33(8)13-14-35(47-33)17-25(38)22(5)30(45-35)23(6)29(42-9)24(7)32(39)40/h19-31,37-38,41H,10-18H2,1-9H3,(H,39,40)/t19-,20-,21-,22-,23+,24+,25-,26-,27-,28+,29-,30-,31-,33+,34+,35-,36-/m1/s1. The summed E-state index contributed by atoms with van der Waals surface area (Å²) in [6.07, 6.45) is 2.99. The molecule has 0 aliphatic carbocycles. The van der Waals surface area contributed by atoms with Crippen molar-refractivity contribution in [2.75, 3.05) is 13.7 Å². The molecule has 272 valence electrons. The Morgan fingerprint density at radius 2 is 1.72 bits per heavy atom. The minimum Gasteiger partial charge on any atom is -0.481 e. The van der Waals surface area contributed by atoms with E-state index in [2.05, 4.69) is 27.7 Å². The molecular weight excluding hydrogens is 608 g/mol. The van der Waals surface area contributed by atoms with Crippen LogP contribution in [0.15, 0.2) is 0 Å². The van der Waals surface area contributed by atoms with E-state index in [-0.39, 0.29) is 54.0 Å². The molecule has 0 unspecified atom stereocenters. The smallest absolute Gasteiger partial charge is 0.308 e. The van der Waals surface area contributed by atoms with Gasteiger partial charge in [0.25, 0.3) is 0 Å². The van der Waals surface area contributed by atoms with E-state index in [0.29, 0.717) is 19.3 Å². The summed E-state index contributed by atoms with van der Waals surface area (Å²) in [6.45, 7) is 15.6. The summed E-state index contributed by atoms with van der Waals surface area (Å²) in [6, 6.07) is 0. The zero-order valence-corrected chi connectivity index (χ0v) is 30.0. The van der Waals surface area contributed by atoms with Gasteiger partial charge in [-0.2, -0.15) is 0 Å². The van der Waals surface area contributed by atoms with Crippen molar-refractivity contribution in [1.82, 2.24) is 0 Å². The average Bonchev–Trinajstić information content (AvgIpc) is 3.73. The Kier molecular flexibility index (Phi) is 10.9. The summed E-state index contributed by atoms with van der Waals surface area (Å²) in [5, 5.41) is 41.8. The van der Waals surface area contributed by atoms with Crippen LogP contribution in [-0.4, -0.2) is 106 Å². The monoisotopic (exact) mass is 670 g/mol. The Labute approximate surface area is 281 Å². The van der Waals surface area contributed by atoms with Crippen molar-refractivity contribution in [2.24, 2.45) is 35.5 Å². The molecule has 1 spiro atoms. The molecule has 4 N–H and O–H groups in total. The number of carbonyl (C=O) groups is 1. The summed E-state index contributed by atoms with van der Waals surface area (Å²) < 4.78 is 39.4. The van der Waals surface area contributed by atoms with Crippen molar-refractivity contribution in [3.05, 3.63) is 0 Å². The number of aliphatic hydroxyl groups excluding tert-OH is 2. The van der Waals surface area contributed by atoms with Crippen LogP contribution in [0.4, 0.5) is 0 Å². The third-order valence-electron chi connectivity index (χ3n) is 13.0. The van der Waals surface area contributed by atoms with Gasteiger partial charge in [0.1, 0.15) is 0 Å². The van der Waals surface area contributed by atoms with Gasteiger partial charge in [-0.25, -0.2) is 0 Å². The van der Waals surface area contributed by atoms with E-state index < -0.39 is 59.6 Å². The van der Waals surface area contributed by atoms with Gasteiger partial charge in [0, 0.05) is 37.7 Å². The molecule has 5 fully saturated rings. The van der Waals surface area contributed by atoms with Crippen molar-refractivity contribution >= 4 is 5.97 Å². The average molecular weight is 671 g/mol. The van der Waals surface area contributed by atoms with Gasteiger partial charge in [0.2, 0.25) is 0 Å². The number of ether oxygens (including phenoxy) is 6. The third-order valence-corrected chi connectivity index (χ3v) is 13.0. The number of aliphatic carboxylic acids is 1. The first kappa shape index (κ1) is 37.4. The first-order chi connectivity index (χ1) is 22.0. The minimum atomic E-state index is -1.56. The quantitative estimate of drug-likeness (QED) is 0.264. The van der Waals surface area contributed by atoms with Crippen LogP contribution in [0, 0.1) is 35.5 Å². The van der Waals surface area contributed by atoms with Gasteiger partial charge >= 0.3 is 5.97 Å². The van der Waals surface area contributed by atoms with E-state index >= 15 is 0 Å². The highest BCUT2D eigenvalue weighted by atomic mass is 16.7. The fourth-order valence-corrected chi connectivity index (χ4v) is 9.91. The van der Waals surface area contributed by atoms with Crippen molar-refractivity contribution < 1.29 is 53.6 Å². The molecule has 5 saturated heterocycles. The number of carboxylic acids is 1. The Bertz CT molecular complexity index is 1110. The van der Waals surface area contributed by atoms with Crippen LogP contribution in [-0.2, 0) is 33.2 Å². The van der Waals surface area contributed by atoms with Crippen LogP contribution >= 0.6 is 0 Å². The van der Waals surface area contributed by atoms with Gasteiger partial charge in [-0.15, -0.1) is 0 Å². The molecule has 0 amide bonds. The Morgan fingerprint density at radius 3 is 2.34 bits per heavy atom. The topological polar surface area (TPSA) is 153 Å². The van der Waals surface area contributed by atoms with Crippen molar-refractivity contribution in [2.45, 2.75) is 172 Å². The maximum absolute atomic E-state index is 11.8. The number of methoxy groups -OCH3 is 1. The van der Waals surface area contributed by atoms with E-state index in [0.717, 1.165) is 32.1 Å². The Morgan fingerprint density at radius 1 is 1.02 bits per heavy atom. The highest BCUT2D eigenvalue weighted by molar-refractivity contribution is 5.70. The van der Waals surface area contributed by atoms with Crippen LogP contribution in [0.5, 0.6) is 0 Å². The van der Waals surface area contributed by atoms with Gasteiger partial charge in [0.05, 0.1) is 66.5 Å². The second kappa shape index (κ2) is 13.7. The zero-order valence-electron chi connectivity index (χ0n) is 30.0. The van der Waals surface area contributed by atoms with E-state index in [1.54, 1.807) is 6.92 Å². The van der Waals surface area contributed by atoms with Gasteiger partial charge in [-0.1, -0.05) is 41.5 Å². The van der Waals surface area contributed by atoms with E-state index in [1.165, 1.54) is 7.11 Å². The molecule has 5 heterocycles. The molecule has 0 aromatic carbocycles. The highest BCUT2D eigenvalue weighted by Gasteiger charge is 2.62. The first-order valence-corrected chi connectivity index (χ1v) is 18.1. The molecule has 0 saturated carbocycles. The summed E-state index contributed by atoms with van der Waals surface area (Å²) in [4.78, 5) is 11.8. The van der Waals surface area contributed by atoms with Crippen molar-refractivity contribution in [3.63, 3.8) is 0 Å². The lowest BCUT2D eigenvalue weighted by molar-refractivity contribution is -0.336. The molecule has 0 bridgehead atoms. The summed E-state index contributed by atoms with van der Waals surface area (Å²) in [7, 11) is 1.52. The number of hydrogen-bond acceptors (Lipinski definition) is 10. The molecule has 5 aliphatic heterocycles. The second-order valence-electron chi connectivity index (χ2n) is 16.3. The predicted molar refractivity (Wildman–Crippen MR) is 172 cm³/mol. The van der Waals surface area contributed by atoms with Crippen molar-refractivity contribution in [3.8, 4) is 0 Å². The number of hydrogen-bond donors (Lipinski definition) is 4. The fraction of sp³-hybridized carbons (Fsp3) is 0.972. The predicted octanol–water partition coefficient (Wildman–Crippen LogP) is 4.27. The van der Waals surface area contributed by atoms with E-state index in [4.69, 9.17) is 28.4 Å². The van der Waals surface area contributed by atoms with E-state index in [9.17, 15) is 25.2 Å². The number of aliphatic hydroxyl groups is 3. The molecule has 5 aliphatic rings. The van der Waals surface area contributed by atoms with Crippen LogP contribution in [0.3, 0.4) is 0 Å². The molecule has 47 heavy (non-hydrogen) atoms. The molecule has 0 radical (unpaired) electrons. The lowest BCUT2D eigenvalue weighted by atomic mass is 9.78. The molecule has 5 rings (SSSR count). The lowest BCUT2D eigenvalue weighted by Crippen LogP contribution is -2.57. The molecule has 17 atom stereocenters. The summed E-state index contributed by atoms with van der Waals surface area (Å²) >= 11 is 0. The largest absolute Gasteiger partial charge is 0.481 e. The minimum absolute atomic E-state index is 0.153. The van der Waals surface area contributed by atoms with Crippen LogP contribution in [0.1, 0.15) is 107 Å². The molecule has 11 nitrogen and oxygen atoms in total. The highest BCUT2D eigenvalue weighted by Crippen LogP contribution is 2.55. The summed E-state index contributed by atoms with van der Waals surface area (Å²) in [5.74, 6) is -4.52. The lowest BCUT2D eigenvalue weighted by Gasteiger charge is -2.49. The van der Waals surface area contributed by atoms with E-state index in [1.807, 2.05) is 20.8 Å². The number of rotatable bonds is 10. The molecule has 0 aromatic heterocycles. The molecular formula is C36H62O11. The molecule has 0 aromatic rings. The van der Waals surface area contributed by atoms with Gasteiger partial charge in [0.15, 0.2) is 11.6 Å². The molecule has 11 heteroatoms. The van der Waals surface area contributed by atoms with Gasteiger partial charge in [-0.3, -0.25) is 4.79 Å². The SMILES string of the molecule is CC[C@@]1([C@@H]2O[C@@H]([C@H]3O[C@](O)(CO)[C@H](C)C[C@H]3C)C[C@H]2C)CC[C@H]([C@]2(C)CC[C@]3(C[C@@H](O)[C@@H](C)[C@H]([C@@H](C)[C@@H](OC)[C@H](C)C(=O)O)O3)O2)O1. The van der Waals surface area contributed by atoms with Crippen LogP contribution in [0.2, 0.25) is 0 Å². The number of carboxylic acid groups (broad SMARTS) is 1. The maximum atomic E-state index is 11.8. The third kappa shape index (κ3) is 6.67. The normalized spacial score (nSPS) is 50.9. The second-order valence-corrected chi connectivity index (χ2v) is 16.3. The Balaban J connectivity index is 1.29. The maximum Gasteiger partial charge on any atom is 0.308 e. The summed E-state index contributed by atoms with van der Waals surface area (Å²) in [5.41, 5.74) is -1.15. The fourth-order valence-electron chi connectivity index (χ4n) is 9.91. The van der Waals surface area contributed by atoms with Crippen molar-refractivity contribution in [1.29, 1.82) is 0 Å². The first-order valence-electron chi connectivity index (χ1n) is 18.1. The van der Waals surface area contributed by atoms with Crippen LogP contribution < -0.4 is 0 Å². The van der Waals surface area contributed by atoms with Gasteiger partial charge < -0.3 is 48.8 Å².